The van der Waals surface area contributed by atoms with Crippen molar-refractivity contribution >= 4 is 11.7 Å². The van der Waals surface area contributed by atoms with Gasteiger partial charge < -0.3 is 10.2 Å². The van der Waals surface area contributed by atoms with Gasteiger partial charge in [0.25, 0.3) is 0 Å². The summed E-state index contributed by atoms with van der Waals surface area (Å²) in [7, 11) is 0. The summed E-state index contributed by atoms with van der Waals surface area (Å²) in [4.78, 5) is 22.3. The van der Waals surface area contributed by atoms with Gasteiger partial charge in [-0.3, -0.25) is 9.89 Å². The number of carbonyl (C=O) groups excluding carboxylic acids is 1. The highest BCUT2D eigenvalue weighted by molar-refractivity contribution is 5.78. The van der Waals surface area contributed by atoms with Crippen LogP contribution in [0.15, 0.2) is 42.6 Å². The minimum absolute atomic E-state index is 0.170. The standard InChI is InChI=1S/C21H21F3N6O/c22-21(23,24)15-6-1-5-14(13-15)18-27-20(29-28-18)16-7-2-9-25-19(16)26-10-4-12-30-11-3-8-17(30)31/h1-2,5-7,9,13H,3-4,8,10-12H2,(H,25,26)(H,27,28,29). The second-order valence-electron chi connectivity index (χ2n) is 7.25. The van der Waals surface area contributed by atoms with E-state index in [1.54, 1.807) is 18.3 Å². The number of rotatable bonds is 7. The number of likely N-dealkylation sites (tertiary alicyclic amines) is 1. The summed E-state index contributed by atoms with van der Waals surface area (Å²) in [5, 5.41) is 10.1. The van der Waals surface area contributed by atoms with Gasteiger partial charge in [0.05, 0.1) is 11.1 Å². The molecule has 1 aromatic carbocycles. The monoisotopic (exact) mass is 430 g/mol. The van der Waals surface area contributed by atoms with Crippen molar-refractivity contribution in [2.75, 3.05) is 25.0 Å². The zero-order valence-corrected chi connectivity index (χ0v) is 16.6. The largest absolute Gasteiger partial charge is 0.416 e. The van der Waals surface area contributed by atoms with Crippen molar-refractivity contribution < 1.29 is 18.0 Å². The lowest BCUT2D eigenvalue weighted by atomic mass is 10.1. The number of pyridine rings is 1. The predicted octanol–water partition coefficient (Wildman–Crippen LogP) is 3.98. The van der Waals surface area contributed by atoms with Crippen LogP contribution in [0.1, 0.15) is 24.8 Å². The van der Waals surface area contributed by atoms with Crippen molar-refractivity contribution in [2.45, 2.75) is 25.4 Å². The number of benzene rings is 1. The Labute approximate surface area is 176 Å². The van der Waals surface area contributed by atoms with E-state index in [2.05, 4.69) is 25.5 Å². The molecule has 1 aliphatic heterocycles. The molecule has 2 aromatic heterocycles. The number of alkyl halides is 3. The van der Waals surface area contributed by atoms with Crippen LogP contribution in [0.5, 0.6) is 0 Å². The van der Waals surface area contributed by atoms with E-state index < -0.39 is 11.7 Å². The van der Waals surface area contributed by atoms with Crippen LogP contribution in [0.2, 0.25) is 0 Å². The Kier molecular flexibility index (Phi) is 5.88. The molecule has 2 N–H and O–H groups in total. The molecule has 7 nitrogen and oxygen atoms in total. The Morgan fingerprint density at radius 2 is 2.06 bits per heavy atom. The molecule has 162 valence electrons. The van der Waals surface area contributed by atoms with Crippen molar-refractivity contribution in [3.63, 3.8) is 0 Å². The van der Waals surface area contributed by atoms with Crippen LogP contribution in [0.3, 0.4) is 0 Å². The molecule has 0 radical (unpaired) electrons. The van der Waals surface area contributed by atoms with Crippen LogP contribution in [0.4, 0.5) is 19.0 Å². The van der Waals surface area contributed by atoms with E-state index in [0.29, 0.717) is 36.7 Å². The zero-order valence-electron chi connectivity index (χ0n) is 16.6. The fourth-order valence-electron chi connectivity index (χ4n) is 3.50. The Morgan fingerprint density at radius 1 is 1.19 bits per heavy atom. The minimum Gasteiger partial charge on any atom is -0.369 e. The third-order valence-electron chi connectivity index (χ3n) is 5.06. The van der Waals surface area contributed by atoms with Gasteiger partial charge in [-0.1, -0.05) is 12.1 Å². The first-order valence-electron chi connectivity index (χ1n) is 9.99. The second kappa shape index (κ2) is 8.75. The third-order valence-corrected chi connectivity index (χ3v) is 5.06. The summed E-state index contributed by atoms with van der Waals surface area (Å²) in [6, 6.07) is 8.44. The fourth-order valence-corrected chi connectivity index (χ4v) is 3.50. The molecule has 0 spiro atoms. The van der Waals surface area contributed by atoms with Crippen LogP contribution < -0.4 is 5.32 Å². The molecule has 10 heteroatoms. The van der Waals surface area contributed by atoms with Crippen LogP contribution in [-0.2, 0) is 11.0 Å². The first-order valence-corrected chi connectivity index (χ1v) is 9.99. The van der Waals surface area contributed by atoms with E-state index in [-0.39, 0.29) is 17.3 Å². The average Bonchev–Trinajstić information content (AvgIpc) is 3.40. The molecule has 0 saturated carbocycles. The number of halogens is 3. The van der Waals surface area contributed by atoms with Gasteiger partial charge in [0.1, 0.15) is 5.82 Å². The molecule has 3 heterocycles. The molecular formula is C21H21F3N6O. The van der Waals surface area contributed by atoms with E-state index in [9.17, 15) is 18.0 Å². The molecular weight excluding hydrogens is 409 g/mol. The van der Waals surface area contributed by atoms with Gasteiger partial charge in [0.2, 0.25) is 5.91 Å². The highest BCUT2D eigenvalue weighted by Gasteiger charge is 2.30. The summed E-state index contributed by atoms with van der Waals surface area (Å²) >= 11 is 0. The molecule has 1 fully saturated rings. The van der Waals surface area contributed by atoms with Gasteiger partial charge in [-0.15, -0.1) is 0 Å². The van der Waals surface area contributed by atoms with Crippen LogP contribution >= 0.6 is 0 Å². The van der Waals surface area contributed by atoms with Crippen LogP contribution in [-0.4, -0.2) is 50.6 Å². The number of amides is 1. The molecule has 3 aromatic rings. The first kappa shape index (κ1) is 20.8. The van der Waals surface area contributed by atoms with E-state index in [1.807, 2.05) is 4.90 Å². The lowest BCUT2D eigenvalue weighted by molar-refractivity contribution is -0.137. The molecule has 0 atom stereocenters. The van der Waals surface area contributed by atoms with E-state index in [4.69, 9.17) is 0 Å². The maximum Gasteiger partial charge on any atom is 0.416 e. The van der Waals surface area contributed by atoms with Crippen molar-refractivity contribution in [3.05, 3.63) is 48.2 Å². The zero-order chi connectivity index (χ0) is 21.8. The fraction of sp³-hybridized carbons (Fsp3) is 0.333. The van der Waals surface area contributed by atoms with Gasteiger partial charge in [-0.05, 0) is 37.1 Å². The molecule has 31 heavy (non-hydrogen) atoms. The number of aromatic nitrogens is 4. The number of carbonyl (C=O) groups is 1. The topological polar surface area (TPSA) is 86.8 Å². The third kappa shape index (κ3) is 4.84. The molecule has 0 aliphatic carbocycles. The van der Waals surface area contributed by atoms with Gasteiger partial charge in [-0.25, -0.2) is 9.97 Å². The van der Waals surface area contributed by atoms with Crippen molar-refractivity contribution in [2.24, 2.45) is 0 Å². The lowest BCUT2D eigenvalue weighted by Gasteiger charge is -2.15. The molecule has 1 saturated heterocycles. The SMILES string of the molecule is O=C1CCCN1CCCNc1ncccc1-c1nc(-c2cccc(C(F)(F)F)c2)n[nH]1. The normalized spacial score (nSPS) is 14.3. The highest BCUT2D eigenvalue weighted by atomic mass is 19.4. The molecule has 4 rings (SSSR count). The Morgan fingerprint density at radius 3 is 2.84 bits per heavy atom. The van der Waals surface area contributed by atoms with Gasteiger partial charge in [-0.2, -0.15) is 18.3 Å². The maximum absolute atomic E-state index is 13.0. The van der Waals surface area contributed by atoms with Gasteiger partial charge >= 0.3 is 6.18 Å². The van der Waals surface area contributed by atoms with Gasteiger partial charge in [0.15, 0.2) is 11.6 Å². The highest BCUT2D eigenvalue weighted by Crippen LogP contribution is 2.32. The number of hydrogen-bond donors (Lipinski definition) is 2. The van der Waals surface area contributed by atoms with E-state index in [1.165, 1.54) is 12.1 Å². The summed E-state index contributed by atoms with van der Waals surface area (Å²) < 4.78 is 39.0. The van der Waals surface area contributed by atoms with Gasteiger partial charge in [0, 0.05) is 37.8 Å². The summed E-state index contributed by atoms with van der Waals surface area (Å²) in [5.74, 6) is 1.35. The maximum atomic E-state index is 13.0. The van der Waals surface area contributed by atoms with Crippen LogP contribution in [0, 0.1) is 0 Å². The van der Waals surface area contributed by atoms with Crippen molar-refractivity contribution in [3.8, 4) is 22.8 Å². The van der Waals surface area contributed by atoms with E-state index >= 15 is 0 Å². The molecule has 1 aliphatic rings. The second-order valence-corrected chi connectivity index (χ2v) is 7.25. The number of nitrogens with zero attached hydrogens (tertiary/aromatic N) is 4. The number of hydrogen-bond acceptors (Lipinski definition) is 5. The number of H-pyrrole nitrogens is 1. The molecule has 0 unspecified atom stereocenters. The minimum atomic E-state index is -4.44. The number of aromatic amines is 1. The lowest BCUT2D eigenvalue weighted by Crippen LogP contribution is -2.27. The Hall–Kier alpha value is -3.43. The van der Waals surface area contributed by atoms with E-state index in [0.717, 1.165) is 31.5 Å². The average molecular weight is 430 g/mol. The number of anilines is 1. The Bertz CT molecular complexity index is 1070. The summed E-state index contributed by atoms with van der Waals surface area (Å²) in [5.41, 5.74) is 0.174. The summed E-state index contributed by atoms with van der Waals surface area (Å²) in [6.45, 7) is 2.11. The first-order chi connectivity index (χ1) is 14.9. The van der Waals surface area contributed by atoms with Crippen molar-refractivity contribution in [1.29, 1.82) is 0 Å². The number of nitrogens with one attached hydrogen (secondary N) is 2. The molecule has 0 bridgehead atoms. The van der Waals surface area contributed by atoms with Crippen molar-refractivity contribution in [1.82, 2.24) is 25.1 Å². The van der Waals surface area contributed by atoms with Crippen LogP contribution in [0.25, 0.3) is 22.8 Å². The quantitative estimate of drug-likeness (QED) is 0.554. The molecule has 1 amide bonds. The Balaban J connectivity index is 1.46. The smallest absolute Gasteiger partial charge is 0.369 e. The summed E-state index contributed by atoms with van der Waals surface area (Å²) in [6.07, 6.45) is -0.489. The predicted molar refractivity (Wildman–Crippen MR) is 109 cm³/mol.